The summed E-state index contributed by atoms with van der Waals surface area (Å²) in [4.78, 5) is 17.5. The lowest BCUT2D eigenvalue weighted by Gasteiger charge is -2.31. The first kappa shape index (κ1) is 12.3. The van der Waals surface area contributed by atoms with Crippen molar-refractivity contribution in [1.29, 1.82) is 0 Å². The molecule has 2 aliphatic rings. The van der Waals surface area contributed by atoms with Crippen molar-refractivity contribution in [1.82, 2.24) is 9.97 Å². The Morgan fingerprint density at radius 3 is 2.74 bits per heavy atom. The van der Waals surface area contributed by atoms with Gasteiger partial charge in [-0.05, 0) is 12.8 Å². The molecule has 0 unspecified atom stereocenters. The molecule has 3 rings (SSSR count). The fraction of sp³-hybridized carbons (Fsp3) is 0.583. The van der Waals surface area contributed by atoms with E-state index in [4.69, 9.17) is 9.47 Å². The van der Waals surface area contributed by atoms with Crippen molar-refractivity contribution < 1.29 is 9.47 Å². The summed E-state index contributed by atoms with van der Waals surface area (Å²) in [7, 11) is 0. The zero-order valence-electron chi connectivity index (χ0n) is 10.5. The average Bonchev–Trinajstić information content (AvgIpc) is 2.87. The molecule has 1 aromatic rings. The van der Waals surface area contributed by atoms with Crippen molar-refractivity contribution in [3.05, 3.63) is 22.7 Å². The summed E-state index contributed by atoms with van der Waals surface area (Å²) in [5.74, 6) is 0.0751. The van der Waals surface area contributed by atoms with Gasteiger partial charge in [0.25, 0.3) is 5.56 Å². The Morgan fingerprint density at radius 2 is 2.05 bits per heavy atom. The maximum absolute atomic E-state index is 11.1. The second kappa shape index (κ2) is 5.10. The molecule has 0 amide bonds. The van der Waals surface area contributed by atoms with Crippen LogP contribution in [0.1, 0.15) is 25.7 Å². The van der Waals surface area contributed by atoms with Crippen molar-refractivity contribution in [2.75, 3.05) is 18.6 Å². The van der Waals surface area contributed by atoms with Gasteiger partial charge in [0.1, 0.15) is 0 Å². The summed E-state index contributed by atoms with van der Waals surface area (Å²) in [6.07, 6.45) is 4.67. The van der Waals surface area contributed by atoms with Crippen molar-refractivity contribution in [2.45, 2.75) is 31.5 Å². The number of hydrogen-bond donors (Lipinski definition) is 2. The molecular weight excluding hydrogens is 248 g/mol. The van der Waals surface area contributed by atoms with Gasteiger partial charge in [-0.3, -0.25) is 10.2 Å². The molecule has 1 saturated carbocycles. The number of aromatic amines is 1. The molecule has 0 atom stereocenters. The van der Waals surface area contributed by atoms with E-state index in [0.717, 1.165) is 31.4 Å². The maximum Gasteiger partial charge on any atom is 0.252 e. The van der Waals surface area contributed by atoms with E-state index >= 15 is 0 Å². The summed E-state index contributed by atoms with van der Waals surface area (Å²) >= 11 is 0. The Kier molecular flexibility index (Phi) is 3.31. The van der Waals surface area contributed by atoms with Gasteiger partial charge in [-0.2, -0.15) is 5.10 Å². The first-order chi connectivity index (χ1) is 9.26. The number of hydrazone groups is 1. The molecule has 2 fully saturated rings. The summed E-state index contributed by atoms with van der Waals surface area (Å²) in [5, 5.41) is 4.29. The lowest BCUT2D eigenvalue weighted by Crippen LogP contribution is -2.35. The standard InChI is InChI=1S/C12H16N4O3/c17-11-7-10(13-8-14-11)16-15-9-1-3-12(4-2-9)18-5-6-19-12/h7-8H,1-6H2,(H2,13,14,16,17). The Labute approximate surface area is 110 Å². The van der Waals surface area contributed by atoms with Crippen molar-refractivity contribution >= 4 is 11.5 Å². The van der Waals surface area contributed by atoms with Gasteiger partial charge in [-0.15, -0.1) is 0 Å². The second-order valence-electron chi connectivity index (χ2n) is 4.69. The van der Waals surface area contributed by atoms with Gasteiger partial charge in [0.05, 0.1) is 19.5 Å². The van der Waals surface area contributed by atoms with E-state index in [2.05, 4.69) is 20.5 Å². The topological polar surface area (TPSA) is 88.6 Å². The third kappa shape index (κ3) is 2.82. The highest BCUT2D eigenvalue weighted by Crippen LogP contribution is 2.34. The number of nitrogens with zero attached hydrogens (tertiary/aromatic N) is 2. The number of hydrogen-bond acceptors (Lipinski definition) is 6. The van der Waals surface area contributed by atoms with E-state index in [1.165, 1.54) is 12.4 Å². The van der Waals surface area contributed by atoms with Crippen LogP contribution in [0.4, 0.5) is 5.82 Å². The molecule has 19 heavy (non-hydrogen) atoms. The lowest BCUT2D eigenvalue weighted by molar-refractivity contribution is -0.167. The molecule has 0 bridgehead atoms. The smallest absolute Gasteiger partial charge is 0.252 e. The SMILES string of the molecule is O=c1cc(NN=C2CCC3(CC2)OCCO3)nc[nH]1. The van der Waals surface area contributed by atoms with Crippen molar-refractivity contribution in [3.8, 4) is 0 Å². The molecule has 1 aliphatic heterocycles. The quantitative estimate of drug-likeness (QED) is 0.773. The van der Waals surface area contributed by atoms with Gasteiger partial charge in [-0.1, -0.05) is 0 Å². The van der Waals surface area contributed by atoms with Gasteiger partial charge in [0, 0.05) is 24.6 Å². The number of aromatic nitrogens is 2. The Hall–Kier alpha value is -1.73. The van der Waals surface area contributed by atoms with Crippen molar-refractivity contribution in [3.63, 3.8) is 0 Å². The summed E-state index contributed by atoms with van der Waals surface area (Å²) < 4.78 is 11.3. The monoisotopic (exact) mass is 264 g/mol. The number of anilines is 1. The first-order valence-electron chi connectivity index (χ1n) is 6.40. The number of nitrogens with one attached hydrogen (secondary N) is 2. The highest BCUT2D eigenvalue weighted by atomic mass is 16.7. The van der Waals surface area contributed by atoms with Crippen LogP contribution in [0.2, 0.25) is 0 Å². The fourth-order valence-electron chi connectivity index (χ4n) is 2.38. The highest BCUT2D eigenvalue weighted by molar-refractivity contribution is 5.85. The van der Waals surface area contributed by atoms with Crippen LogP contribution in [-0.2, 0) is 9.47 Å². The van der Waals surface area contributed by atoms with E-state index in [0.29, 0.717) is 19.0 Å². The molecule has 7 heteroatoms. The highest BCUT2D eigenvalue weighted by Gasteiger charge is 2.39. The minimum atomic E-state index is -0.374. The molecule has 1 spiro atoms. The van der Waals surface area contributed by atoms with E-state index in [1.807, 2.05) is 0 Å². The number of rotatable bonds is 2. The van der Waals surface area contributed by atoms with Gasteiger partial charge in [0.2, 0.25) is 0 Å². The summed E-state index contributed by atoms with van der Waals surface area (Å²) in [6.45, 7) is 1.36. The maximum atomic E-state index is 11.1. The molecule has 2 heterocycles. The van der Waals surface area contributed by atoms with Crippen LogP contribution in [0.3, 0.4) is 0 Å². The molecule has 1 aromatic heterocycles. The Bertz CT molecular complexity index is 522. The van der Waals surface area contributed by atoms with Gasteiger partial charge >= 0.3 is 0 Å². The van der Waals surface area contributed by atoms with Crippen LogP contribution >= 0.6 is 0 Å². The van der Waals surface area contributed by atoms with Crippen LogP contribution < -0.4 is 11.0 Å². The third-order valence-electron chi connectivity index (χ3n) is 3.41. The van der Waals surface area contributed by atoms with E-state index in [1.54, 1.807) is 0 Å². The minimum absolute atomic E-state index is 0.201. The second-order valence-corrected chi connectivity index (χ2v) is 4.69. The fourth-order valence-corrected chi connectivity index (χ4v) is 2.38. The largest absolute Gasteiger partial charge is 0.348 e. The molecule has 1 aliphatic carbocycles. The van der Waals surface area contributed by atoms with Gasteiger partial charge in [-0.25, -0.2) is 4.98 Å². The lowest BCUT2D eigenvalue weighted by atomic mass is 9.92. The van der Waals surface area contributed by atoms with E-state index in [-0.39, 0.29) is 11.3 Å². The van der Waals surface area contributed by atoms with Crippen LogP contribution in [0.15, 0.2) is 22.3 Å². The molecule has 0 aromatic carbocycles. The summed E-state index contributed by atoms with van der Waals surface area (Å²) in [6, 6.07) is 1.37. The van der Waals surface area contributed by atoms with Gasteiger partial charge in [0.15, 0.2) is 11.6 Å². The predicted octanol–water partition coefficient (Wildman–Crippen LogP) is 0.855. The average molecular weight is 264 g/mol. The molecule has 1 saturated heterocycles. The molecule has 7 nitrogen and oxygen atoms in total. The van der Waals surface area contributed by atoms with Crippen LogP contribution in [0, 0.1) is 0 Å². The zero-order chi connectivity index (χ0) is 13.1. The molecule has 102 valence electrons. The normalized spacial score (nSPS) is 21.6. The molecular formula is C12H16N4O3. The Morgan fingerprint density at radius 1 is 1.32 bits per heavy atom. The third-order valence-corrected chi connectivity index (χ3v) is 3.41. The first-order valence-corrected chi connectivity index (χ1v) is 6.40. The molecule has 2 N–H and O–H groups in total. The zero-order valence-corrected chi connectivity index (χ0v) is 10.5. The van der Waals surface area contributed by atoms with E-state index in [9.17, 15) is 4.79 Å². The number of H-pyrrole nitrogens is 1. The summed E-state index contributed by atoms with van der Waals surface area (Å²) in [5.41, 5.74) is 3.66. The number of ether oxygens (including phenoxy) is 2. The van der Waals surface area contributed by atoms with Crippen LogP contribution in [-0.4, -0.2) is 34.7 Å². The van der Waals surface area contributed by atoms with Crippen molar-refractivity contribution in [2.24, 2.45) is 5.10 Å². The molecule has 0 radical (unpaired) electrons. The Balaban J connectivity index is 1.59. The van der Waals surface area contributed by atoms with Crippen LogP contribution in [0.25, 0.3) is 0 Å². The van der Waals surface area contributed by atoms with Gasteiger partial charge < -0.3 is 14.5 Å². The predicted molar refractivity (Wildman–Crippen MR) is 69.0 cm³/mol. The van der Waals surface area contributed by atoms with Crippen LogP contribution in [0.5, 0.6) is 0 Å². The van der Waals surface area contributed by atoms with E-state index < -0.39 is 0 Å². The minimum Gasteiger partial charge on any atom is -0.348 e.